The van der Waals surface area contributed by atoms with Crippen molar-refractivity contribution < 1.29 is 9.21 Å². The van der Waals surface area contributed by atoms with Crippen LogP contribution in [0.1, 0.15) is 16.7 Å². The van der Waals surface area contributed by atoms with Gasteiger partial charge in [-0.3, -0.25) is 9.78 Å². The zero-order valence-electron chi connectivity index (χ0n) is 13.0. The normalized spacial score (nSPS) is 10.5. The zero-order valence-corrected chi connectivity index (χ0v) is 13.0. The second-order valence-electron chi connectivity index (χ2n) is 5.50. The number of furan rings is 1. The Morgan fingerprint density at radius 1 is 1.13 bits per heavy atom. The quantitative estimate of drug-likeness (QED) is 0.785. The van der Waals surface area contributed by atoms with E-state index in [0.29, 0.717) is 13.0 Å². The molecule has 0 saturated heterocycles. The van der Waals surface area contributed by atoms with E-state index in [4.69, 9.17) is 4.42 Å². The third-order valence-corrected chi connectivity index (χ3v) is 3.54. The van der Waals surface area contributed by atoms with Gasteiger partial charge in [-0.2, -0.15) is 0 Å². The van der Waals surface area contributed by atoms with Crippen LogP contribution in [0.25, 0.3) is 11.3 Å². The third kappa shape index (κ3) is 4.07. The molecule has 3 rings (SSSR count). The number of aryl methyl sites for hydroxylation is 1. The molecule has 4 heteroatoms. The number of hydrogen-bond acceptors (Lipinski definition) is 3. The Bertz CT molecular complexity index is 795. The summed E-state index contributed by atoms with van der Waals surface area (Å²) in [5.74, 6) is 0.768. The monoisotopic (exact) mass is 306 g/mol. The van der Waals surface area contributed by atoms with Gasteiger partial charge in [0.1, 0.15) is 5.76 Å². The fourth-order valence-electron chi connectivity index (χ4n) is 2.43. The average molecular weight is 306 g/mol. The van der Waals surface area contributed by atoms with Gasteiger partial charge in [-0.05, 0) is 36.2 Å². The van der Waals surface area contributed by atoms with Crippen molar-refractivity contribution in [2.75, 3.05) is 0 Å². The molecule has 4 nitrogen and oxygen atoms in total. The summed E-state index contributed by atoms with van der Waals surface area (Å²) in [5.41, 5.74) is 4.02. The number of aromatic nitrogens is 1. The van der Waals surface area contributed by atoms with Crippen molar-refractivity contribution in [1.29, 1.82) is 0 Å². The van der Waals surface area contributed by atoms with Crippen molar-refractivity contribution in [3.8, 4) is 11.3 Å². The summed E-state index contributed by atoms with van der Waals surface area (Å²) in [4.78, 5) is 16.3. The van der Waals surface area contributed by atoms with E-state index in [1.807, 2.05) is 49.4 Å². The van der Waals surface area contributed by atoms with Crippen molar-refractivity contribution in [3.05, 3.63) is 77.8 Å². The minimum absolute atomic E-state index is 0.000924. The van der Waals surface area contributed by atoms with Crippen LogP contribution >= 0.6 is 0 Å². The maximum atomic E-state index is 12.1. The first-order chi connectivity index (χ1) is 11.2. The van der Waals surface area contributed by atoms with Gasteiger partial charge >= 0.3 is 0 Å². The van der Waals surface area contributed by atoms with Crippen LogP contribution in [0.4, 0.5) is 0 Å². The Kier molecular flexibility index (Phi) is 4.52. The molecule has 1 amide bonds. The van der Waals surface area contributed by atoms with Crippen molar-refractivity contribution in [3.63, 3.8) is 0 Å². The molecule has 0 saturated carbocycles. The van der Waals surface area contributed by atoms with Gasteiger partial charge < -0.3 is 9.73 Å². The third-order valence-electron chi connectivity index (χ3n) is 3.54. The Morgan fingerprint density at radius 2 is 2.04 bits per heavy atom. The SMILES string of the molecule is Cc1cccc(CC(=O)NCc2cncc(-c3ccco3)c2)c1. The number of carbonyl (C=O) groups is 1. The summed E-state index contributed by atoms with van der Waals surface area (Å²) < 4.78 is 5.36. The number of rotatable bonds is 5. The second-order valence-corrected chi connectivity index (χ2v) is 5.50. The van der Waals surface area contributed by atoms with Crippen molar-refractivity contribution in [2.24, 2.45) is 0 Å². The second kappa shape index (κ2) is 6.92. The van der Waals surface area contributed by atoms with Crippen LogP contribution in [0.5, 0.6) is 0 Å². The van der Waals surface area contributed by atoms with Crippen LogP contribution in [-0.4, -0.2) is 10.9 Å². The highest BCUT2D eigenvalue weighted by Gasteiger charge is 2.06. The fraction of sp³-hybridized carbons (Fsp3) is 0.158. The van der Waals surface area contributed by atoms with Gasteiger partial charge in [-0.25, -0.2) is 0 Å². The van der Waals surface area contributed by atoms with Gasteiger partial charge in [-0.15, -0.1) is 0 Å². The molecule has 0 radical (unpaired) electrons. The lowest BCUT2D eigenvalue weighted by Crippen LogP contribution is -2.24. The Hall–Kier alpha value is -2.88. The maximum absolute atomic E-state index is 12.1. The van der Waals surface area contributed by atoms with Crippen LogP contribution in [0.15, 0.2) is 65.5 Å². The van der Waals surface area contributed by atoms with Gasteiger partial charge in [-0.1, -0.05) is 29.8 Å². The van der Waals surface area contributed by atoms with E-state index in [9.17, 15) is 4.79 Å². The topological polar surface area (TPSA) is 55.1 Å². The largest absolute Gasteiger partial charge is 0.464 e. The van der Waals surface area contributed by atoms with E-state index in [2.05, 4.69) is 10.3 Å². The molecule has 0 unspecified atom stereocenters. The average Bonchev–Trinajstić information content (AvgIpc) is 3.08. The van der Waals surface area contributed by atoms with Crippen LogP contribution in [0.3, 0.4) is 0 Å². The molecule has 0 aliphatic rings. The molecule has 2 aromatic heterocycles. The standard InChI is InChI=1S/C19H18N2O2/c1-14-4-2-5-15(8-14)10-19(22)21-12-16-9-17(13-20-11-16)18-6-3-7-23-18/h2-9,11,13H,10,12H2,1H3,(H,21,22). The van der Waals surface area contributed by atoms with E-state index in [1.165, 1.54) is 0 Å². The number of nitrogens with one attached hydrogen (secondary N) is 1. The Morgan fingerprint density at radius 3 is 2.83 bits per heavy atom. The van der Waals surface area contributed by atoms with Gasteiger partial charge in [0.15, 0.2) is 0 Å². The van der Waals surface area contributed by atoms with E-state index < -0.39 is 0 Å². The smallest absolute Gasteiger partial charge is 0.224 e. The molecule has 23 heavy (non-hydrogen) atoms. The molecule has 0 atom stereocenters. The predicted molar refractivity (Wildman–Crippen MR) is 88.7 cm³/mol. The summed E-state index contributed by atoms with van der Waals surface area (Å²) in [5, 5.41) is 2.93. The van der Waals surface area contributed by atoms with Crippen LogP contribution in [-0.2, 0) is 17.8 Å². The molecule has 116 valence electrons. The molecule has 0 bridgehead atoms. The zero-order chi connectivity index (χ0) is 16.1. The molecule has 0 aliphatic heterocycles. The molecule has 3 aromatic rings. The highest BCUT2D eigenvalue weighted by molar-refractivity contribution is 5.78. The van der Waals surface area contributed by atoms with Crippen LogP contribution in [0, 0.1) is 6.92 Å². The van der Waals surface area contributed by atoms with E-state index >= 15 is 0 Å². The van der Waals surface area contributed by atoms with Crippen LogP contribution < -0.4 is 5.32 Å². The minimum Gasteiger partial charge on any atom is -0.464 e. The summed E-state index contributed by atoms with van der Waals surface area (Å²) in [6.45, 7) is 2.47. The number of hydrogen-bond donors (Lipinski definition) is 1. The predicted octanol–water partition coefficient (Wildman–Crippen LogP) is 3.51. The van der Waals surface area contributed by atoms with Gasteiger partial charge in [0.05, 0.1) is 12.7 Å². The van der Waals surface area contributed by atoms with Crippen molar-refractivity contribution in [1.82, 2.24) is 10.3 Å². The number of pyridine rings is 1. The van der Waals surface area contributed by atoms with Gasteiger partial charge in [0.2, 0.25) is 5.91 Å². The lowest BCUT2D eigenvalue weighted by Gasteiger charge is -2.07. The highest BCUT2D eigenvalue weighted by atomic mass is 16.3. The number of nitrogens with zero attached hydrogens (tertiary/aromatic N) is 1. The van der Waals surface area contributed by atoms with Crippen molar-refractivity contribution in [2.45, 2.75) is 19.9 Å². The lowest BCUT2D eigenvalue weighted by atomic mass is 10.1. The van der Waals surface area contributed by atoms with E-state index in [1.54, 1.807) is 18.7 Å². The maximum Gasteiger partial charge on any atom is 0.224 e. The Labute approximate surface area is 135 Å². The minimum atomic E-state index is -0.000924. The number of carbonyl (C=O) groups excluding carboxylic acids is 1. The molecule has 1 N–H and O–H groups in total. The summed E-state index contributed by atoms with van der Waals surface area (Å²) in [6, 6.07) is 13.7. The molecule has 0 fully saturated rings. The molecule has 2 heterocycles. The Balaban J connectivity index is 1.60. The highest BCUT2D eigenvalue weighted by Crippen LogP contribution is 2.19. The number of benzene rings is 1. The lowest BCUT2D eigenvalue weighted by molar-refractivity contribution is -0.120. The summed E-state index contributed by atoms with van der Waals surface area (Å²) in [6.07, 6.45) is 5.51. The first-order valence-electron chi connectivity index (χ1n) is 7.51. The first-order valence-corrected chi connectivity index (χ1v) is 7.51. The van der Waals surface area contributed by atoms with Crippen LogP contribution in [0.2, 0.25) is 0 Å². The number of amides is 1. The van der Waals surface area contributed by atoms with Gasteiger partial charge in [0, 0.05) is 24.5 Å². The molecular weight excluding hydrogens is 288 g/mol. The van der Waals surface area contributed by atoms with E-state index in [0.717, 1.165) is 28.0 Å². The summed E-state index contributed by atoms with van der Waals surface area (Å²) >= 11 is 0. The molecule has 1 aromatic carbocycles. The fourth-order valence-corrected chi connectivity index (χ4v) is 2.43. The van der Waals surface area contributed by atoms with Crippen molar-refractivity contribution >= 4 is 5.91 Å². The van der Waals surface area contributed by atoms with Gasteiger partial charge in [0.25, 0.3) is 0 Å². The molecular formula is C19H18N2O2. The summed E-state index contributed by atoms with van der Waals surface area (Å²) in [7, 11) is 0. The van der Waals surface area contributed by atoms with E-state index in [-0.39, 0.29) is 5.91 Å². The molecule has 0 aliphatic carbocycles. The first kappa shape index (κ1) is 15.0. The molecule has 0 spiro atoms.